The van der Waals surface area contributed by atoms with Crippen LogP contribution >= 0.6 is 0 Å². The van der Waals surface area contributed by atoms with Crippen LogP contribution in [-0.2, 0) is 19.2 Å². The normalized spacial score (nSPS) is 28.0. The second-order valence-electron chi connectivity index (χ2n) is 13.0. The molecule has 0 radical (unpaired) electrons. The van der Waals surface area contributed by atoms with Crippen LogP contribution in [0.5, 0.6) is 11.5 Å². The zero-order chi connectivity index (χ0) is 30.4. The summed E-state index contributed by atoms with van der Waals surface area (Å²) in [4.78, 5) is 49.5. The van der Waals surface area contributed by atoms with Crippen LogP contribution in [0.4, 0.5) is 11.4 Å². The summed E-state index contributed by atoms with van der Waals surface area (Å²) in [5.74, 6) is -2.55. The van der Waals surface area contributed by atoms with Crippen molar-refractivity contribution in [2.75, 3.05) is 10.6 Å². The van der Waals surface area contributed by atoms with E-state index in [-0.39, 0.29) is 11.8 Å². The summed E-state index contributed by atoms with van der Waals surface area (Å²) >= 11 is 0. The first-order valence-electron chi connectivity index (χ1n) is 14.0. The van der Waals surface area contributed by atoms with E-state index < -0.39 is 45.4 Å². The summed E-state index contributed by atoms with van der Waals surface area (Å²) in [5, 5.41) is 29.3. The summed E-state index contributed by atoms with van der Waals surface area (Å²) in [7, 11) is 0. The lowest BCUT2D eigenvalue weighted by atomic mass is 9.65. The Morgan fingerprint density at radius 1 is 0.634 bits per heavy atom. The third-order valence-corrected chi connectivity index (χ3v) is 10.5. The predicted molar refractivity (Wildman–Crippen MR) is 149 cm³/mol. The third-order valence-electron chi connectivity index (χ3n) is 10.5. The number of ether oxygens (including phenoxy) is 1. The molecule has 2 N–H and O–H groups in total. The highest BCUT2D eigenvalue weighted by Gasteiger charge is 2.56. The van der Waals surface area contributed by atoms with Crippen molar-refractivity contribution in [2.45, 2.75) is 67.2 Å². The number of carbonyl (C=O) groups excluding carboxylic acids is 4. The van der Waals surface area contributed by atoms with Crippen molar-refractivity contribution in [3.05, 3.63) is 48.5 Å². The van der Waals surface area contributed by atoms with Crippen LogP contribution in [0, 0.1) is 33.5 Å². The lowest BCUT2D eigenvalue weighted by Gasteiger charge is -2.41. The van der Waals surface area contributed by atoms with Gasteiger partial charge in [-0.15, -0.1) is 0 Å². The Bertz CT molecular complexity index is 1250. The monoisotopic (exact) mass is 562 g/mol. The molecule has 2 aromatic rings. The van der Waals surface area contributed by atoms with Crippen LogP contribution in [-0.4, -0.2) is 23.8 Å². The van der Waals surface area contributed by atoms with Gasteiger partial charge in [0.25, 0.3) is 0 Å². The predicted octanol–water partition coefficient (Wildman–Crippen LogP) is 3.74. The molecule has 9 heteroatoms. The van der Waals surface area contributed by atoms with Gasteiger partial charge in [-0.25, -0.2) is 0 Å². The SMILES string of the molecule is CC1(C(=O)[O-])CCC(C(=O)Nc2ccc(Oc3ccc(NC(=O)C4CCC(C)(C(=O)[O-])C4(C)C)cc3)cc2)C1(C)C. The van der Waals surface area contributed by atoms with E-state index in [0.717, 1.165) is 0 Å². The van der Waals surface area contributed by atoms with Gasteiger partial charge in [-0.2, -0.15) is 0 Å². The van der Waals surface area contributed by atoms with E-state index in [9.17, 15) is 29.4 Å². The van der Waals surface area contributed by atoms with Gasteiger partial charge in [-0.05, 0) is 85.0 Å². The van der Waals surface area contributed by atoms with Crippen molar-refractivity contribution in [3.8, 4) is 11.5 Å². The van der Waals surface area contributed by atoms with Crippen LogP contribution < -0.4 is 25.6 Å². The average molecular weight is 563 g/mol. The minimum Gasteiger partial charge on any atom is -0.550 e. The zero-order valence-corrected chi connectivity index (χ0v) is 24.5. The number of nitrogens with one attached hydrogen (secondary N) is 2. The molecule has 0 heterocycles. The smallest absolute Gasteiger partial charge is 0.228 e. The number of carboxylic acid groups (broad SMARTS) is 2. The molecule has 0 bridgehead atoms. The van der Waals surface area contributed by atoms with Crippen molar-refractivity contribution < 1.29 is 34.1 Å². The van der Waals surface area contributed by atoms with Crippen molar-refractivity contribution in [2.24, 2.45) is 33.5 Å². The van der Waals surface area contributed by atoms with Crippen LogP contribution in [0.25, 0.3) is 0 Å². The van der Waals surface area contributed by atoms with Crippen molar-refractivity contribution in [1.29, 1.82) is 0 Å². The fraction of sp³-hybridized carbons (Fsp3) is 0.500. The molecular formula is C32H38N2O7-2. The Balaban J connectivity index is 1.33. The Kier molecular flexibility index (Phi) is 7.71. The quantitative estimate of drug-likeness (QED) is 0.498. The highest BCUT2D eigenvalue weighted by atomic mass is 16.5. The molecule has 0 saturated heterocycles. The van der Waals surface area contributed by atoms with E-state index in [0.29, 0.717) is 48.6 Å². The Hall–Kier alpha value is -3.88. The van der Waals surface area contributed by atoms with Gasteiger partial charge in [0.15, 0.2) is 0 Å². The van der Waals surface area contributed by atoms with E-state index in [2.05, 4.69) is 10.6 Å². The molecule has 2 fully saturated rings. The minimum atomic E-state index is -1.13. The van der Waals surface area contributed by atoms with Crippen LogP contribution in [0.1, 0.15) is 67.2 Å². The molecule has 2 amide bonds. The van der Waals surface area contributed by atoms with Gasteiger partial charge in [0, 0.05) is 46.0 Å². The number of amides is 2. The second-order valence-corrected chi connectivity index (χ2v) is 13.0. The molecular weight excluding hydrogens is 524 g/mol. The lowest BCUT2D eigenvalue weighted by molar-refractivity contribution is -0.324. The first-order chi connectivity index (χ1) is 19.0. The minimum absolute atomic E-state index is 0.225. The number of aliphatic carboxylic acids is 2. The largest absolute Gasteiger partial charge is 0.550 e. The summed E-state index contributed by atoms with van der Waals surface area (Å²) in [6, 6.07) is 13.7. The van der Waals surface area contributed by atoms with Gasteiger partial charge in [0.2, 0.25) is 11.8 Å². The number of carboxylic acids is 2. The highest BCUT2D eigenvalue weighted by Crippen LogP contribution is 2.57. The molecule has 2 aliphatic carbocycles. The summed E-state index contributed by atoms with van der Waals surface area (Å²) in [5.41, 5.74) is -2.51. The Morgan fingerprint density at radius 2 is 0.951 bits per heavy atom. The summed E-state index contributed by atoms with van der Waals surface area (Å²) < 4.78 is 5.90. The van der Waals surface area contributed by atoms with Gasteiger partial charge in [-0.1, -0.05) is 41.5 Å². The fourth-order valence-electron chi connectivity index (χ4n) is 6.46. The van der Waals surface area contributed by atoms with Gasteiger partial charge in [-0.3, -0.25) is 9.59 Å². The second kappa shape index (κ2) is 10.5. The van der Waals surface area contributed by atoms with E-state index in [1.54, 1.807) is 90.1 Å². The molecule has 0 spiro atoms. The number of carbonyl (C=O) groups is 4. The van der Waals surface area contributed by atoms with E-state index in [1.165, 1.54) is 0 Å². The lowest BCUT2D eigenvalue weighted by Crippen LogP contribution is -2.49. The topological polar surface area (TPSA) is 148 Å². The maximum absolute atomic E-state index is 13.0. The number of hydrogen-bond acceptors (Lipinski definition) is 7. The average Bonchev–Trinajstić information content (AvgIpc) is 3.30. The molecule has 220 valence electrons. The molecule has 0 aliphatic heterocycles. The summed E-state index contributed by atoms with van der Waals surface area (Å²) in [6.07, 6.45) is 1.71. The molecule has 0 aromatic heterocycles. The molecule has 4 atom stereocenters. The first-order valence-corrected chi connectivity index (χ1v) is 14.0. The van der Waals surface area contributed by atoms with E-state index in [4.69, 9.17) is 4.74 Å². The number of rotatable bonds is 8. The fourth-order valence-corrected chi connectivity index (χ4v) is 6.46. The van der Waals surface area contributed by atoms with Gasteiger partial charge in [0.05, 0.1) is 0 Å². The van der Waals surface area contributed by atoms with Gasteiger partial charge in [0.1, 0.15) is 11.5 Å². The van der Waals surface area contributed by atoms with E-state index in [1.807, 2.05) is 0 Å². The summed E-state index contributed by atoms with van der Waals surface area (Å²) in [6.45, 7) is 10.5. The maximum Gasteiger partial charge on any atom is 0.228 e. The molecule has 2 saturated carbocycles. The van der Waals surface area contributed by atoms with Crippen LogP contribution in [0.3, 0.4) is 0 Å². The molecule has 9 nitrogen and oxygen atoms in total. The zero-order valence-electron chi connectivity index (χ0n) is 24.5. The third kappa shape index (κ3) is 5.18. The van der Waals surface area contributed by atoms with Crippen molar-refractivity contribution in [1.82, 2.24) is 0 Å². The van der Waals surface area contributed by atoms with Crippen molar-refractivity contribution in [3.63, 3.8) is 0 Å². The maximum atomic E-state index is 13.0. The molecule has 2 aliphatic rings. The van der Waals surface area contributed by atoms with Crippen molar-refractivity contribution >= 4 is 35.1 Å². The number of anilines is 2. The van der Waals surface area contributed by atoms with Gasteiger partial charge >= 0.3 is 0 Å². The highest BCUT2D eigenvalue weighted by molar-refractivity contribution is 5.95. The Labute approximate surface area is 240 Å². The first kappa shape index (κ1) is 30.1. The standard InChI is InChI=1S/C32H40N2O7/c1-29(2)23(15-17-31(29,5)27(37)38)25(35)33-19-7-11-21(12-8-19)41-22-13-9-20(10-14-22)34-26(36)24-16-18-32(6,28(39)40)30(24,3)4/h7-14,23-24H,15-18H2,1-6H3,(H,33,35)(H,34,36)(H,37,38)(H,39,40)/p-2. The van der Waals surface area contributed by atoms with Crippen LogP contribution in [0.2, 0.25) is 0 Å². The number of hydrogen-bond donors (Lipinski definition) is 2. The molecule has 4 rings (SSSR count). The molecule has 4 unspecified atom stereocenters. The number of benzene rings is 2. The molecule has 41 heavy (non-hydrogen) atoms. The van der Waals surface area contributed by atoms with Crippen LogP contribution in [0.15, 0.2) is 48.5 Å². The molecule has 2 aromatic carbocycles. The van der Waals surface area contributed by atoms with E-state index >= 15 is 0 Å². The van der Waals surface area contributed by atoms with Gasteiger partial charge < -0.3 is 35.2 Å². The Morgan fingerprint density at radius 3 is 1.22 bits per heavy atom.